The molecule has 2 aromatic carbocycles. The molecule has 2 aromatic rings. The van der Waals surface area contributed by atoms with E-state index in [4.69, 9.17) is 4.74 Å². The van der Waals surface area contributed by atoms with Crippen LogP contribution in [0, 0.1) is 13.8 Å². The maximum Gasteiger partial charge on any atom is 0.161 e. The molecular formula is C19H23NO2. The highest BCUT2D eigenvalue weighted by atomic mass is 16.5. The number of allylic oxidation sites excluding steroid dienone is 1. The van der Waals surface area contributed by atoms with E-state index >= 15 is 0 Å². The average molecular weight is 297 g/mol. The lowest BCUT2D eigenvalue weighted by Gasteiger charge is -2.14. The van der Waals surface area contributed by atoms with Gasteiger partial charge in [-0.25, -0.2) is 0 Å². The van der Waals surface area contributed by atoms with Crippen LogP contribution in [0.4, 0.5) is 5.69 Å². The molecule has 116 valence electrons. The molecule has 0 saturated carbocycles. The van der Waals surface area contributed by atoms with Crippen LogP contribution >= 0.6 is 0 Å². The molecule has 0 aromatic heterocycles. The number of methoxy groups -OCH3 is 1. The number of nitrogens with one attached hydrogen (secondary N) is 1. The Kier molecular flexibility index (Phi) is 5.10. The summed E-state index contributed by atoms with van der Waals surface area (Å²) in [6.45, 7) is 8.58. The van der Waals surface area contributed by atoms with Crippen LogP contribution in [0.3, 0.4) is 0 Å². The van der Waals surface area contributed by atoms with Crippen molar-refractivity contribution in [2.75, 3.05) is 12.4 Å². The third-order valence-corrected chi connectivity index (χ3v) is 3.66. The molecule has 2 rings (SSSR count). The maximum atomic E-state index is 10.1. The zero-order chi connectivity index (χ0) is 16.1. The Bertz CT molecular complexity index is 677. The highest BCUT2D eigenvalue weighted by Crippen LogP contribution is 2.32. The molecule has 0 unspecified atom stereocenters. The molecule has 0 heterocycles. The second-order valence-electron chi connectivity index (χ2n) is 5.47. The lowest BCUT2D eigenvalue weighted by molar-refractivity contribution is 0.370. The second-order valence-corrected chi connectivity index (χ2v) is 5.47. The Balaban J connectivity index is 2.21. The summed E-state index contributed by atoms with van der Waals surface area (Å²) >= 11 is 0. The largest absolute Gasteiger partial charge is 0.504 e. The molecule has 0 atom stereocenters. The van der Waals surface area contributed by atoms with Gasteiger partial charge in [-0.3, -0.25) is 0 Å². The van der Waals surface area contributed by atoms with Crippen LogP contribution in [-0.4, -0.2) is 12.2 Å². The van der Waals surface area contributed by atoms with E-state index in [1.54, 1.807) is 13.2 Å². The minimum Gasteiger partial charge on any atom is -0.504 e. The van der Waals surface area contributed by atoms with Crippen molar-refractivity contribution in [3.8, 4) is 11.5 Å². The fraction of sp³-hybridized carbons (Fsp3) is 0.263. The summed E-state index contributed by atoms with van der Waals surface area (Å²) in [5.41, 5.74) is 5.47. The third-order valence-electron chi connectivity index (χ3n) is 3.66. The number of benzene rings is 2. The van der Waals surface area contributed by atoms with Crippen molar-refractivity contribution >= 4 is 5.69 Å². The fourth-order valence-electron chi connectivity index (χ4n) is 2.51. The first-order chi connectivity index (χ1) is 10.5. The van der Waals surface area contributed by atoms with Crippen molar-refractivity contribution in [2.45, 2.75) is 26.8 Å². The van der Waals surface area contributed by atoms with E-state index in [0.29, 0.717) is 18.7 Å². The van der Waals surface area contributed by atoms with Crippen LogP contribution in [0.5, 0.6) is 11.5 Å². The summed E-state index contributed by atoms with van der Waals surface area (Å²) in [4.78, 5) is 0. The van der Waals surface area contributed by atoms with Gasteiger partial charge in [0.2, 0.25) is 0 Å². The second kappa shape index (κ2) is 7.03. The number of hydrogen-bond donors (Lipinski definition) is 2. The summed E-state index contributed by atoms with van der Waals surface area (Å²) in [7, 11) is 1.56. The van der Waals surface area contributed by atoms with Crippen molar-refractivity contribution in [2.24, 2.45) is 0 Å². The first-order valence-electron chi connectivity index (χ1n) is 7.36. The normalized spacial score (nSPS) is 10.3. The van der Waals surface area contributed by atoms with Gasteiger partial charge in [0.25, 0.3) is 0 Å². The molecule has 3 nitrogen and oxygen atoms in total. The van der Waals surface area contributed by atoms with Crippen molar-refractivity contribution in [1.82, 2.24) is 0 Å². The Morgan fingerprint density at radius 1 is 1.23 bits per heavy atom. The summed E-state index contributed by atoms with van der Waals surface area (Å²) in [5, 5.41) is 13.5. The fourth-order valence-corrected chi connectivity index (χ4v) is 2.51. The van der Waals surface area contributed by atoms with E-state index < -0.39 is 0 Å². The molecule has 0 aliphatic heterocycles. The molecule has 0 bridgehead atoms. The van der Waals surface area contributed by atoms with Gasteiger partial charge in [-0.05, 0) is 49.6 Å². The molecule has 0 saturated heterocycles. The van der Waals surface area contributed by atoms with Gasteiger partial charge < -0.3 is 15.2 Å². The van der Waals surface area contributed by atoms with Gasteiger partial charge in [0.05, 0.1) is 7.11 Å². The molecule has 0 radical (unpaired) electrons. The molecular weight excluding hydrogens is 274 g/mol. The molecule has 0 amide bonds. The van der Waals surface area contributed by atoms with Crippen molar-refractivity contribution < 1.29 is 9.84 Å². The predicted molar refractivity (Wildman–Crippen MR) is 91.8 cm³/mol. The lowest BCUT2D eigenvalue weighted by atomic mass is 10.1. The molecule has 0 spiro atoms. The van der Waals surface area contributed by atoms with Crippen LogP contribution < -0.4 is 10.1 Å². The zero-order valence-electron chi connectivity index (χ0n) is 13.4. The van der Waals surface area contributed by atoms with E-state index in [2.05, 4.69) is 43.9 Å². The molecule has 0 aliphatic carbocycles. The van der Waals surface area contributed by atoms with E-state index in [-0.39, 0.29) is 5.75 Å². The third kappa shape index (κ3) is 3.61. The van der Waals surface area contributed by atoms with Crippen LogP contribution in [0.25, 0.3) is 0 Å². The molecule has 3 heteroatoms. The van der Waals surface area contributed by atoms with Crippen molar-refractivity contribution in [3.63, 3.8) is 0 Å². The van der Waals surface area contributed by atoms with Gasteiger partial charge in [-0.15, -0.1) is 6.58 Å². The highest BCUT2D eigenvalue weighted by molar-refractivity contribution is 5.54. The van der Waals surface area contributed by atoms with E-state index in [1.807, 2.05) is 12.1 Å². The molecule has 0 fully saturated rings. The Labute approximate surface area is 132 Å². The van der Waals surface area contributed by atoms with Crippen molar-refractivity contribution in [3.05, 3.63) is 65.2 Å². The number of rotatable bonds is 6. The van der Waals surface area contributed by atoms with Gasteiger partial charge >= 0.3 is 0 Å². The Hall–Kier alpha value is -2.42. The number of phenols is 1. The van der Waals surface area contributed by atoms with E-state index in [9.17, 15) is 5.11 Å². The Morgan fingerprint density at radius 3 is 2.64 bits per heavy atom. The SMILES string of the molecule is C=CCc1cc(CNc2ccc(C)cc2C)cc(OC)c1O. The van der Waals surface area contributed by atoms with Crippen LogP contribution in [0.15, 0.2) is 43.0 Å². The van der Waals surface area contributed by atoms with Gasteiger partial charge in [-0.2, -0.15) is 0 Å². The monoisotopic (exact) mass is 297 g/mol. The number of aryl methyl sites for hydroxylation is 2. The van der Waals surface area contributed by atoms with Gasteiger partial charge in [-0.1, -0.05) is 23.8 Å². The number of aromatic hydroxyl groups is 1. The molecule has 22 heavy (non-hydrogen) atoms. The predicted octanol–water partition coefficient (Wildman–Crippen LogP) is 4.36. The lowest BCUT2D eigenvalue weighted by Crippen LogP contribution is -2.03. The summed E-state index contributed by atoms with van der Waals surface area (Å²) in [5.74, 6) is 0.689. The average Bonchev–Trinajstić information content (AvgIpc) is 2.49. The summed E-state index contributed by atoms with van der Waals surface area (Å²) in [6.07, 6.45) is 2.38. The summed E-state index contributed by atoms with van der Waals surface area (Å²) < 4.78 is 5.25. The minimum atomic E-state index is 0.192. The number of ether oxygens (including phenoxy) is 1. The first-order valence-corrected chi connectivity index (χ1v) is 7.36. The number of anilines is 1. The quantitative estimate of drug-likeness (QED) is 0.778. The van der Waals surface area contributed by atoms with E-state index in [1.165, 1.54) is 11.1 Å². The van der Waals surface area contributed by atoms with Crippen LogP contribution in [0.1, 0.15) is 22.3 Å². The summed E-state index contributed by atoms with van der Waals surface area (Å²) in [6, 6.07) is 10.2. The smallest absolute Gasteiger partial charge is 0.161 e. The van der Waals surface area contributed by atoms with Gasteiger partial charge in [0, 0.05) is 17.8 Å². The number of hydrogen-bond acceptors (Lipinski definition) is 3. The van der Waals surface area contributed by atoms with Crippen molar-refractivity contribution in [1.29, 1.82) is 0 Å². The molecule has 0 aliphatic rings. The first kappa shape index (κ1) is 16.0. The van der Waals surface area contributed by atoms with Gasteiger partial charge in [0.1, 0.15) is 0 Å². The highest BCUT2D eigenvalue weighted by Gasteiger charge is 2.10. The zero-order valence-corrected chi connectivity index (χ0v) is 13.4. The molecule has 2 N–H and O–H groups in total. The Morgan fingerprint density at radius 2 is 2.00 bits per heavy atom. The maximum absolute atomic E-state index is 10.1. The van der Waals surface area contributed by atoms with Crippen LogP contribution in [-0.2, 0) is 13.0 Å². The minimum absolute atomic E-state index is 0.192. The standard InChI is InChI=1S/C19H23NO2/c1-5-6-16-10-15(11-18(22-4)19(16)21)12-20-17-8-7-13(2)9-14(17)3/h5,7-11,20-21H,1,6,12H2,2-4H3. The number of phenolic OH excluding ortho intramolecular Hbond substituents is 1. The van der Waals surface area contributed by atoms with E-state index in [0.717, 1.165) is 16.8 Å². The van der Waals surface area contributed by atoms with Crippen LogP contribution in [0.2, 0.25) is 0 Å². The van der Waals surface area contributed by atoms with Gasteiger partial charge in [0.15, 0.2) is 11.5 Å². The topological polar surface area (TPSA) is 41.5 Å².